The van der Waals surface area contributed by atoms with Gasteiger partial charge in [0.1, 0.15) is 5.75 Å². The van der Waals surface area contributed by atoms with Crippen molar-refractivity contribution in [1.29, 1.82) is 0 Å². The summed E-state index contributed by atoms with van der Waals surface area (Å²) in [6.45, 7) is 4.01. The standard InChI is InChI=1S/C14H18O5/c1-3-10-18-12(13(15)17-4-2)14(16)19-11-8-6-5-7-9-11/h5-9,12H,3-4,10H2,1-2H3. The van der Waals surface area contributed by atoms with E-state index in [2.05, 4.69) is 0 Å². The molecule has 19 heavy (non-hydrogen) atoms. The molecule has 0 aliphatic rings. The zero-order valence-corrected chi connectivity index (χ0v) is 11.1. The number of hydrogen-bond acceptors (Lipinski definition) is 5. The molecule has 0 radical (unpaired) electrons. The number of esters is 2. The average molecular weight is 266 g/mol. The topological polar surface area (TPSA) is 61.8 Å². The molecule has 0 heterocycles. The van der Waals surface area contributed by atoms with Gasteiger partial charge in [-0.15, -0.1) is 0 Å². The summed E-state index contributed by atoms with van der Waals surface area (Å²) in [6, 6.07) is 8.51. The number of hydrogen-bond donors (Lipinski definition) is 0. The van der Waals surface area contributed by atoms with E-state index < -0.39 is 18.0 Å². The van der Waals surface area contributed by atoms with Gasteiger partial charge in [0.25, 0.3) is 6.10 Å². The van der Waals surface area contributed by atoms with E-state index in [-0.39, 0.29) is 13.2 Å². The van der Waals surface area contributed by atoms with E-state index in [0.717, 1.165) is 0 Å². The number of carbonyl (C=O) groups is 2. The van der Waals surface area contributed by atoms with Crippen molar-refractivity contribution in [2.24, 2.45) is 0 Å². The summed E-state index contributed by atoms with van der Waals surface area (Å²) in [5.74, 6) is -1.13. The van der Waals surface area contributed by atoms with Crippen molar-refractivity contribution in [3.8, 4) is 5.75 Å². The van der Waals surface area contributed by atoms with Gasteiger partial charge in [-0.05, 0) is 25.5 Å². The number of carbonyl (C=O) groups excluding carboxylic acids is 2. The maximum atomic E-state index is 11.9. The van der Waals surface area contributed by atoms with Crippen LogP contribution in [0, 0.1) is 0 Å². The molecule has 0 aliphatic carbocycles. The molecule has 0 amide bonds. The molecule has 0 aromatic heterocycles. The average Bonchev–Trinajstić information content (AvgIpc) is 2.40. The summed E-state index contributed by atoms with van der Waals surface area (Å²) < 4.78 is 15.1. The van der Waals surface area contributed by atoms with Gasteiger partial charge in [0.05, 0.1) is 6.61 Å². The zero-order valence-electron chi connectivity index (χ0n) is 11.1. The highest BCUT2D eigenvalue weighted by Crippen LogP contribution is 2.11. The highest BCUT2D eigenvalue weighted by Gasteiger charge is 2.30. The number of ether oxygens (including phenoxy) is 3. The zero-order chi connectivity index (χ0) is 14.1. The van der Waals surface area contributed by atoms with E-state index in [1.165, 1.54) is 0 Å². The maximum absolute atomic E-state index is 11.9. The lowest BCUT2D eigenvalue weighted by molar-refractivity contribution is -0.168. The molecule has 0 spiro atoms. The van der Waals surface area contributed by atoms with Crippen LogP contribution in [-0.2, 0) is 19.1 Å². The normalized spacial score (nSPS) is 11.7. The van der Waals surface area contributed by atoms with Crippen LogP contribution in [0.25, 0.3) is 0 Å². The lowest BCUT2D eigenvalue weighted by Crippen LogP contribution is -2.38. The molecule has 0 saturated heterocycles. The SMILES string of the molecule is CCCOC(C(=O)OCC)C(=O)Oc1ccccc1. The highest BCUT2D eigenvalue weighted by atomic mass is 16.6. The third kappa shape index (κ3) is 5.09. The Kier molecular flexibility index (Phi) is 6.60. The van der Waals surface area contributed by atoms with Gasteiger partial charge in [-0.2, -0.15) is 0 Å². The van der Waals surface area contributed by atoms with Crippen molar-refractivity contribution in [3.63, 3.8) is 0 Å². The van der Waals surface area contributed by atoms with Crippen LogP contribution in [0.5, 0.6) is 5.75 Å². The molecule has 0 fully saturated rings. The molecule has 5 nitrogen and oxygen atoms in total. The Labute approximate surface area is 112 Å². The van der Waals surface area contributed by atoms with Crippen LogP contribution in [0.1, 0.15) is 20.3 Å². The van der Waals surface area contributed by atoms with Gasteiger partial charge in [-0.3, -0.25) is 0 Å². The minimum atomic E-state index is -1.33. The van der Waals surface area contributed by atoms with Crippen LogP contribution in [0.3, 0.4) is 0 Å². The highest BCUT2D eigenvalue weighted by molar-refractivity contribution is 5.98. The van der Waals surface area contributed by atoms with Crippen molar-refractivity contribution in [2.75, 3.05) is 13.2 Å². The molecule has 104 valence electrons. The third-order valence-corrected chi connectivity index (χ3v) is 2.17. The summed E-state index contributed by atoms with van der Waals surface area (Å²) >= 11 is 0. The molecule has 1 rings (SSSR count). The molecule has 1 aromatic rings. The first-order valence-electron chi connectivity index (χ1n) is 6.24. The van der Waals surface area contributed by atoms with Crippen LogP contribution in [-0.4, -0.2) is 31.3 Å². The fraction of sp³-hybridized carbons (Fsp3) is 0.429. The second-order valence-electron chi connectivity index (χ2n) is 3.74. The minimum absolute atomic E-state index is 0.184. The van der Waals surface area contributed by atoms with E-state index in [0.29, 0.717) is 12.2 Å². The van der Waals surface area contributed by atoms with Gasteiger partial charge in [0.15, 0.2) is 0 Å². The molecular formula is C14H18O5. The smallest absolute Gasteiger partial charge is 0.352 e. The lowest BCUT2D eigenvalue weighted by atomic mass is 10.3. The Balaban J connectivity index is 2.68. The summed E-state index contributed by atoms with van der Waals surface area (Å²) in [6.07, 6.45) is -0.644. The first kappa shape index (κ1) is 15.2. The molecule has 1 atom stereocenters. The molecule has 0 saturated carbocycles. The quantitative estimate of drug-likeness (QED) is 0.429. The van der Waals surface area contributed by atoms with E-state index >= 15 is 0 Å². The van der Waals surface area contributed by atoms with Crippen LogP contribution in [0.2, 0.25) is 0 Å². The van der Waals surface area contributed by atoms with Crippen molar-refractivity contribution in [2.45, 2.75) is 26.4 Å². The summed E-state index contributed by atoms with van der Waals surface area (Å²) in [4.78, 5) is 23.5. The third-order valence-electron chi connectivity index (χ3n) is 2.17. The van der Waals surface area contributed by atoms with E-state index in [9.17, 15) is 9.59 Å². The molecule has 0 bridgehead atoms. The van der Waals surface area contributed by atoms with Gasteiger partial charge in [-0.1, -0.05) is 25.1 Å². The second kappa shape index (κ2) is 8.26. The first-order valence-corrected chi connectivity index (χ1v) is 6.24. The minimum Gasteiger partial charge on any atom is -0.464 e. The monoisotopic (exact) mass is 266 g/mol. The van der Waals surface area contributed by atoms with E-state index in [1.54, 1.807) is 37.3 Å². The van der Waals surface area contributed by atoms with Crippen LogP contribution in [0.4, 0.5) is 0 Å². The molecule has 1 aromatic carbocycles. The van der Waals surface area contributed by atoms with Gasteiger partial charge in [0.2, 0.25) is 0 Å². The molecular weight excluding hydrogens is 248 g/mol. The Hall–Kier alpha value is -1.88. The summed E-state index contributed by atoms with van der Waals surface area (Å²) in [7, 11) is 0. The van der Waals surface area contributed by atoms with Crippen molar-refractivity contribution in [1.82, 2.24) is 0 Å². The summed E-state index contributed by atoms with van der Waals surface area (Å²) in [5, 5.41) is 0. The van der Waals surface area contributed by atoms with Gasteiger partial charge in [0, 0.05) is 6.61 Å². The van der Waals surface area contributed by atoms with Crippen molar-refractivity contribution in [3.05, 3.63) is 30.3 Å². The lowest BCUT2D eigenvalue weighted by Gasteiger charge is -2.14. The number of rotatable bonds is 7. The van der Waals surface area contributed by atoms with E-state index in [4.69, 9.17) is 14.2 Å². The van der Waals surface area contributed by atoms with Gasteiger partial charge < -0.3 is 14.2 Å². The van der Waals surface area contributed by atoms with Crippen molar-refractivity contribution >= 4 is 11.9 Å². The Bertz CT molecular complexity index is 402. The Morgan fingerprint density at radius 1 is 1.11 bits per heavy atom. The maximum Gasteiger partial charge on any atom is 0.352 e. The molecule has 0 N–H and O–H groups in total. The molecule has 1 unspecified atom stereocenters. The largest absolute Gasteiger partial charge is 0.464 e. The fourth-order valence-corrected chi connectivity index (χ4v) is 1.34. The number of benzene rings is 1. The van der Waals surface area contributed by atoms with Crippen LogP contribution >= 0.6 is 0 Å². The number of para-hydroxylation sites is 1. The summed E-state index contributed by atoms with van der Waals surface area (Å²) in [5.41, 5.74) is 0. The molecule has 5 heteroatoms. The van der Waals surface area contributed by atoms with Gasteiger partial charge >= 0.3 is 11.9 Å². The predicted octanol–water partition coefficient (Wildman–Crippen LogP) is 1.95. The van der Waals surface area contributed by atoms with Crippen LogP contribution in [0.15, 0.2) is 30.3 Å². The van der Waals surface area contributed by atoms with Gasteiger partial charge in [-0.25, -0.2) is 9.59 Å². The second-order valence-corrected chi connectivity index (χ2v) is 3.74. The van der Waals surface area contributed by atoms with Crippen molar-refractivity contribution < 1.29 is 23.8 Å². The van der Waals surface area contributed by atoms with E-state index in [1.807, 2.05) is 6.92 Å². The predicted molar refractivity (Wildman–Crippen MR) is 68.7 cm³/mol. The Morgan fingerprint density at radius 2 is 1.79 bits per heavy atom. The van der Waals surface area contributed by atoms with Crippen LogP contribution < -0.4 is 4.74 Å². The Morgan fingerprint density at radius 3 is 2.37 bits per heavy atom. The fourth-order valence-electron chi connectivity index (χ4n) is 1.34. The first-order chi connectivity index (χ1) is 9.19. The molecule has 0 aliphatic heterocycles.